The number of nitrogens with zero attached hydrogens (tertiary/aromatic N) is 1. The number of alkyl halides is 6. The van der Waals surface area contributed by atoms with Crippen molar-refractivity contribution < 1.29 is 35.1 Å². The SMILES string of the molecule is C=C(Nc1cccc(F)c1)N[C@@](Cc1ccccc1)(c1ccc(C(F)(F)F)cn1)C1C=CC(C(F)(F)F)=CC(F)=C1. The minimum Gasteiger partial charge on any atom is -0.360 e. The highest BCUT2D eigenvalue weighted by Crippen LogP contribution is 2.40. The standard InChI is InChI=1S/C30H23F8N3/c1-19(40-26-9-5-8-24(31)16-26)41-28(17-20-6-3-2-4-7-20,27-13-12-23(18-39-27)30(36,37)38)21-10-11-22(29(33,34)35)15-25(32)14-21/h2-16,18,21,40-41H,1,17H2/t21?,28-/m1/s1. The molecule has 1 unspecified atom stereocenters. The molecule has 0 bridgehead atoms. The van der Waals surface area contributed by atoms with E-state index in [4.69, 9.17) is 0 Å². The van der Waals surface area contributed by atoms with Crippen molar-refractivity contribution in [1.29, 1.82) is 0 Å². The molecule has 0 saturated heterocycles. The van der Waals surface area contributed by atoms with E-state index in [2.05, 4.69) is 22.2 Å². The molecule has 1 aliphatic rings. The monoisotopic (exact) mass is 577 g/mol. The van der Waals surface area contributed by atoms with Gasteiger partial charge in [0.05, 0.1) is 28.2 Å². The van der Waals surface area contributed by atoms with Gasteiger partial charge in [-0.05, 0) is 48.0 Å². The summed E-state index contributed by atoms with van der Waals surface area (Å²) in [5.41, 5.74) is -3.15. The van der Waals surface area contributed by atoms with Crippen LogP contribution in [0.4, 0.5) is 40.8 Å². The normalized spacial score (nSPS) is 17.1. The van der Waals surface area contributed by atoms with Crippen LogP contribution in [0.25, 0.3) is 0 Å². The predicted molar refractivity (Wildman–Crippen MR) is 139 cm³/mol. The lowest BCUT2D eigenvalue weighted by Gasteiger charge is -2.40. The van der Waals surface area contributed by atoms with Crippen LogP contribution < -0.4 is 10.6 Å². The summed E-state index contributed by atoms with van der Waals surface area (Å²) >= 11 is 0. The lowest BCUT2D eigenvalue weighted by molar-refractivity contribution is -0.137. The summed E-state index contributed by atoms with van der Waals surface area (Å²) in [5, 5.41) is 5.90. The molecule has 0 saturated carbocycles. The Bertz CT molecular complexity index is 1470. The molecule has 0 radical (unpaired) electrons. The molecule has 4 rings (SSSR count). The van der Waals surface area contributed by atoms with Crippen LogP contribution in [0, 0.1) is 11.7 Å². The molecule has 2 atom stereocenters. The van der Waals surface area contributed by atoms with E-state index in [-0.39, 0.29) is 23.6 Å². The molecule has 3 nitrogen and oxygen atoms in total. The molecule has 1 heterocycles. The molecule has 11 heteroatoms. The summed E-state index contributed by atoms with van der Waals surface area (Å²) in [7, 11) is 0. The maximum Gasteiger partial charge on any atom is 0.417 e. The maximum atomic E-state index is 15.0. The van der Waals surface area contributed by atoms with Crippen LogP contribution in [0.5, 0.6) is 0 Å². The van der Waals surface area contributed by atoms with E-state index >= 15 is 0 Å². The van der Waals surface area contributed by atoms with Crippen molar-refractivity contribution >= 4 is 5.69 Å². The van der Waals surface area contributed by atoms with Gasteiger partial charge < -0.3 is 10.6 Å². The fraction of sp³-hybridized carbons (Fsp3) is 0.167. The first-order valence-corrected chi connectivity index (χ1v) is 12.2. The zero-order valence-electron chi connectivity index (χ0n) is 21.2. The van der Waals surface area contributed by atoms with Gasteiger partial charge in [-0.15, -0.1) is 0 Å². The number of hydrogen-bond acceptors (Lipinski definition) is 3. The molecule has 1 aliphatic carbocycles. The van der Waals surface area contributed by atoms with Gasteiger partial charge in [-0.1, -0.05) is 55.1 Å². The Labute approximate surface area is 230 Å². The van der Waals surface area contributed by atoms with Crippen LogP contribution in [-0.2, 0) is 18.1 Å². The molecule has 0 fully saturated rings. The molecule has 3 aromatic rings. The molecular weight excluding hydrogens is 554 g/mol. The van der Waals surface area contributed by atoms with E-state index in [0.29, 0.717) is 23.9 Å². The van der Waals surface area contributed by atoms with Crippen molar-refractivity contribution in [3.63, 3.8) is 0 Å². The first-order chi connectivity index (χ1) is 19.3. The summed E-state index contributed by atoms with van der Waals surface area (Å²) in [5.74, 6) is -3.00. The number of allylic oxidation sites excluding steroid dienone is 4. The Morgan fingerprint density at radius 1 is 0.878 bits per heavy atom. The topological polar surface area (TPSA) is 37.0 Å². The quantitative estimate of drug-likeness (QED) is 0.264. The fourth-order valence-electron chi connectivity index (χ4n) is 4.52. The van der Waals surface area contributed by atoms with Gasteiger partial charge in [0.1, 0.15) is 11.6 Å². The molecule has 2 aromatic carbocycles. The first-order valence-electron chi connectivity index (χ1n) is 12.2. The van der Waals surface area contributed by atoms with Crippen molar-refractivity contribution in [2.24, 2.45) is 5.92 Å². The van der Waals surface area contributed by atoms with Crippen molar-refractivity contribution in [3.8, 4) is 0 Å². The van der Waals surface area contributed by atoms with E-state index in [9.17, 15) is 35.1 Å². The minimum atomic E-state index is -4.86. The number of nitrogens with one attached hydrogen (secondary N) is 2. The Kier molecular flexibility index (Phi) is 8.37. The molecule has 0 spiro atoms. The second-order valence-corrected chi connectivity index (χ2v) is 9.34. The molecule has 214 valence electrons. The third-order valence-electron chi connectivity index (χ3n) is 6.38. The zero-order chi connectivity index (χ0) is 29.8. The number of hydrogen-bond donors (Lipinski definition) is 2. The Morgan fingerprint density at radius 3 is 2.22 bits per heavy atom. The molecule has 1 aromatic heterocycles. The van der Waals surface area contributed by atoms with E-state index < -0.39 is 46.6 Å². The van der Waals surface area contributed by atoms with Gasteiger partial charge in [0.2, 0.25) is 0 Å². The average molecular weight is 578 g/mol. The van der Waals surface area contributed by atoms with Crippen LogP contribution >= 0.6 is 0 Å². The van der Waals surface area contributed by atoms with E-state index in [0.717, 1.165) is 30.4 Å². The highest BCUT2D eigenvalue weighted by atomic mass is 19.4. The van der Waals surface area contributed by atoms with Crippen molar-refractivity contribution in [3.05, 3.63) is 144 Å². The zero-order valence-corrected chi connectivity index (χ0v) is 21.2. The first kappa shape index (κ1) is 29.6. The van der Waals surface area contributed by atoms with Gasteiger partial charge in [0.25, 0.3) is 0 Å². The Hall–Kier alpha value is -4.41. The summed E-state index contributed by atoms with van der Waals surface area (Å²) in [4.78, 5) is 4.05. The van der Waals surface area contributed by atoms with Crippen molar-refractivity contribution in [2.75, 3.05) is 5.32 Å². The van der Waals surface area contributed by atoms with Gasteiger partial charge in [0, 0.05) is 24.2 Å². The highest BCUT2D eigenvalue weighted by molar-refractivity contribution is 5.48. The molecule has 41 heavy (non-hydrogen) atoms. The van der Waals surface area contributed by atoms with Crippen LogP contribution in [0.15, 0.2) is 121 Å². The smallest absolute Gasteiger partial charge is 0.360 e. The van der Waals surface area contributed by atoms with Gasteiger partial charge >= 0.3 is 12.4 Å². The van der Waals surface area contributed by atoms with Crippen molar-refractivity contribution in [2.45, 2.75) is 24.3 Å². The van der Waals surface area contributed by atoms with Gasteiger partial charge in [0.15, 0.2) is 0 Å². The van der Waals surface area contributed by atoms with Crippen LogP contribution in [0.3, 0.4) is 0 Å². The second-order valence-electron chi connectivity index (χ2n) is 9.34. The van der Waals surface area contributed by atoms with E-state index in [1.165, 1.54) is 18.2 Å². The third-order valence-corrected chi connectivity index (χ3v) is 6.38. The van der Waals surface area contributed by atoms with Crippen LogP contribution in [0.1, 0.15) is 16.8 Å². The number of aromatic nitrogens is 1. The fourth-order valence-corrected chi connectivity index (χ4v) is 4.52. The van der Waals surface area contributed by atoms with Crippen molar-refractivity contribution in [1.82, 2.24) is 10.3 Å². The predicted octanol–water partition coefficient (Wildman–Crippen LogP) is 8.38. The van der Waals surface area contributed by atoms with Gasteiger partial charge in [-0.3, -0.25) is 4.98 Å². The number of rotatable bonds is 8. The molecule has 2 N–H and O–H groups in total. The lowest BCUT2D eigenvalue weighted by Crippen LogP contribution is -2.50. The number of pyridine rings is 1. The largest absolute Gasteiger partial charge is 0.417 e. The van der Waals surface area contributed by atoms with Crippen LogP contribution in [-0.4, -0.2) is 11.2 Å². The average Bonchev–Trinajstić information content (AvgIpc) is 3.10. The van der Waals surface area contributed by atoms with Gasteiger partial charge in [-0.25, -0.2) is 8.78 Å². The molecule has 0 amide bonds. The second kappa shape index (κ2) is 11.6. The Balaban J connectivity index is 1.88. The van der Waals surface area contributed by atoms with E-state index in [1.54, 1.807) is 30.3 Å². The lowest BCUT2D eigenvalue weighted by atomic mass is 9.75. The summed E-state index contributed by atoms with van der Waals surface area (Å²) in [6.45, 7) is 3.90. The maximum absolute atomic E-state index is 15.0. The van der Waals surface area contributed by atoms with Gasteiger partial charge in [-0.2, -0.15) is 26.3 Å². The third kappa shape index (κ3) is 7.22. The summed E-state index contributed by atoms with van der Waals surface area (Å²) in [6.07, 6.45) is -5.96. The number of halogens is 8. The molecule has 0 aliphatic heterocycles. The highest BCUT2D eigenvalue weighted by Gasteiger charge is 2.43. The number of anilines is 1. The van der Waals surface area contributed by atoms with E-state index in [1.807, 2.05) is 0 Å². The minimum absolute atomic E-state index is 0.00341. The summed E-state index contributed by atoms with van der Waals surface area (Å²) in [6, 6.07) is 15.7. The van der Waals surface area contributed by atoms with Crippen LogP contribution in [0.2, 0.25) is 0 Å². The number of benzene rings is 2. The molecular formula is C30H23F8N3. The summed E-state index contributed by atoms with van der Waals surface area (Å²) < 4.78 is 109. The Morgan fingerprint density at radius 2 is 1.61 bits per heavy atom.